The summed E-state index contributed by atoms with van der Waals surface area (Å²) in [5, 5.41) is 24.4. The van der Waals surface area contributed by atoms with Crippen molar-refractivity contribution in [2.75, 3.05) is 5.01 Å². The van der Waals surface area contributed by atoms with Gasteiger partial charge < -0.3 is 0 Å². The van der Waals surface area contributed by atoms with Crippen LogP contribution in [0.15, 0.2) is 59.7 Å². The first-order valence-corrected chi connectivity index (χ1v) is 8.68. The van der Waals surface area contributed by atoms with E-state index in [0.29, 0.717) is 17.0 Å². The van der Waals surface area contributed by atoms with Crippen LogP contribution in [0.4, 0.5) is 18.9 Å². The molecule has 1 heterocycles. The molecule has 146 valence electrons. The molecule has 0 saturated heterocycles. The van der Waals surface area contributed by atoms with Crippen LogP contribution >= 0.6 is 0 Å². The first-order valence-electron chi connectivity index (χ1n) is 8.68. The largest absolute Gasteiger partial charge is 0.416 e. The topological polar surface area (TPSA) is 80.2 Å². The molecule has 0 bridgehead atoms. The maximum Gasteiger partial charge on any atom is 0.416 e. The normalized spacial score (nSPS) is 17.6. The van der Waals surface area contributed by atoms with Crippen molar-refractivity contribution in [3.05, 3.63) is 65.7 Å². The molecule has 8 heteroatoms. The van der Waals surface area contributed by atoms with E-state index in [0.717, 1.165) is 12.1 Å². The molecule has 5 nitrogen and oxygen atoms in total. The van der Waals surface area contributed by atoms with Crippen molar-refractivity contribution >= 4 is 17.3 Å². The fourth-order valence-electron chi connectivity index (χ4n) is 3.41. The summed E-state index contributed by atoms with van der Waals surface area (Å²) >= 11 is 0. The van der Waals surface area contributed by atoms with E-state index >= 15 is 0 Å². The summed E-state index contributed by atoms with van der Waals surface area (Å²) in [6.07, 6.45) is -4.51. The summed E-state index contributed by atoms with van der Waals surface area (Å²) in [5.41, 5.74) is 0.365. The van der Waals surface area contributed by atoms with E-state index in [1.807, 2.05) is 12.1 Å². The Bertz CT molecular complexity index is 1000. The molecule has 29 heavy (non-hydrogen) atoms. The van der Waals surface area contributed by atoms with E-state index in [4.69, 9.17) is 0 Å². The first kappa shape index (κ1) is 20.1. The number of para-hydroxylation sites is 1. The van der Waals surface area contributed by atoms with Gasteiger partial charge in [0.1, 0.15) is 5.92 Å². The number of amides is 1. The minimum Gasteiger partial charge on any atom is -0.272 e. The number of carbonyl (C=O) groups is 1. The van der Waals surface area contributed by atoms with Crippen LogP contribution in [0.5, 0.6) is 0 Å². The average Bonchev–Trinajstić information content (AvgIpc) is 3.00. The summed E-state index contributed by atoms with van der Waals surface area (Å²) in [4.78, 5) is 13.1. The quantitative estimate of drug-likeness (QED) is 0.764. The van der Waals surface area contributed by atoms with E-state index in [2.05, 4.69) is 5.10 Å². The van der Waals surface area contributed by atoms with E-state index < -0.39 is 35.4 Å². The van der Waals surface area contributed by atoms with Crippen LogP contribution in [-0.2, 0) is 11.0 Å². The zero-order valence-electron chi connectivity index (χ0n) is 15.3. The summed E-state index contributed by atoms with van der Waals surface area (Å²) in [6, 6.07) is 16.5. The number of nitrogens with zero attached hydrogens (tertiary/aromatic N) is 4. The molecule has 0 unspecified atom stereocenters. The fraction of sp³-hybridized carbons (Fsp3) is 0.238. The predicted molar refractivity (Wildman–Crippen MR) is 99.4 cm³/mol. The van der Waals surface area contributed by atoms with Crippen LogP contribution in [0, 0.1) is 34.5 Å². The van der Waals surface area contributed by atoms with Gasteiger partial charge in [-0.2, -0.15) is 28.8 Å². The van der Waals surface area contributed by atoms with E-state index in [9.17, 15) is 28.5 Å². The Kier molecular flexibility index (Phi) is 5.38. The van der Waals surface area contributed by atoms with Crippen LogP contribution in [0.1, 0.15) is 24.0 Å². The molecule has 2 aromatic carbocycles. The van der Waals surface area contributed by atoms with Gasteiger partial charge in [-0.25, -0.2) is 5.01 Å². The van der Waals surface area contributed by atoms with Gasteiger partial charge in [0, 0.05) is 11.6 Å². The second-order valence-corrected chi connectivity index (χ2v) is 6.59. The Balaban J connectivity index is 2.03. The monoisotopic (exact) mass is 396 g/mol. The number of hydrogen-bond acceptors (Lipinski definition) is 4. The standard InChI is InChI=1S/C21H15F3N4O/c1-13-18(20(29)28(27-13)17-5-3-2-4-6-17)19(15(11-25)12-26)14-7-9-16(10-8-14)21(22,23)24/h2-10,15,18-19H,1H3/t18-,19-/m1/s1. The Morgan fingerprint density at radius 2 is 1.62 bits per heavy atom. The van der Waals surface area contributed by atoms with E-state index in [-0.39, 0.29) is 0 Å². The SMILES string of the molecule is CC1=NN(c2ccccc2)C(=O)[C@H]1[C@H](c1ccc(C(F)(F)F)cc1)C(C#N)C#N. The van der Waals surface area contributed by atoms with Crippen LogP contribution in [0.2, 0.25) is 0 Å². The average molecular weight is 396 g/mol. The second kappa shape index (κ2) is 7.76. The van der Waals surface area contributed by atoms with Gasteiger partial charge in [0.2, 0.25) is 0 Å². The molecule has 2 atom stereocenters. The highest BCUT2D eigenvalue weighted by Crippen LogP contribution is 2.39. The van der Waals surface area contributed by atoms with Crippen LogP contribution in [0.25, 0.3) is 0 Å². The number of rotatable bonds is 4. The molecule has 1 amide bonds. The van der Waals surface area contributed by atoms with Gasteiger partial charge in [-0.3, -0.25) is 4.79 Å². The molecule has 0 fully saturated rings. The van der Waals surface area contributed by atoms with Crippen LogP contribution in [0.3, 0.4) is 0 Å². The molecule has 2 aromatic rings. The first-order chi connectivity index (χ1) is 13.8. The summed E-state index contributed by atoms with van der Waals surface area (Å²) < 4.78 is 38.7. The Labute approximate surface area is 165 Å². The maximum atomic E-state index is 13.1. The minimum atomic E-state index is -4.51. The molecule has 0 saturated carbocycles. The van der Waals surface area contributed by atoms with E-state index in [1.54, 1.807) is 37.3 Å². The number of benzene rings is 2. The van der Waals surface area contributed by atoms with Crippen molar-refractivity contribution in [3.8, 4) is 12.1 Å². The number of nitriles is 2. The maximum absolute atomic E-state index is 13.1. The minimum absolute atomic E-state index is 0.300. The number of hydrazone groups is 1. The van der Waals surface area contributed by atoms with Gasteiger partial charge in [-0.15, -0.1) is 0 Å². The lowest BCUT2D eigenvalue weighted by molar-refractivity contribution is -0.137. The smallest absolute Gasteiger partial charge is 0.272 e. The third-order valence-electron chi connectivity index (χ3n) is 4.80. The lowest BCUT2D eigenvalue weighted by Crippen LogP contribution is -2.34. The van der Waals surface area contributed by atoms with Crippen LogP contribution < -0.4 is 5.01 Å². The zero-order chi connectivity index (χ0) is 21.2. The van der Waals surface area contributed by atoms with Gasteiger partial charge >= 0.3 is 6.18 Å². The molecule has 1 aliphatic rings. The van der Waals surface area contributed by atoms with Crippen molar-refractivity contribution in [1.29, 1.82) is 10.5 Å². The van der Waals surface area contributed by atoms with Crippen molar-refractivity contribution in [1.82, 2.24) is 0 Å². The van der Waals surface area contributed by atoms with Crippen molar-refractivity contribution in [3.63, 3.8) is 0 Å². The molecule has 0 aromatic heterocycles. The second-order valence-electron chi connectivity index (χ2n) is 6.59. The Morgan fingerprint density at radius 3 is 2.14 bits per heavy atom. The molecular weight excluding hydrogens is 381 g/mol. The fourth-order valence-corrected chi connectivity index (χ4v) is 3.41. The number of alkyl halides is 3. The Morgan fingerprint density at radius 1 is 1.03 bits per heavy atom. The molecular formula is C21H15F3N4O. The summed E-state index contributed by atoms with van der Waals surface area (Å²) in [5.74, 6) is -3.55. The van der Waals surface area contributed by atoms with Gasteiger partial charge in [0.25, 0.3) is 5.91 Å². The number of carbonyl (C=O) groups excluding carboxylic acids is 1. The van der Waals surface area contributed by atoms with Crippen molar-refractivity contribution in [2.45, 2.75) is 19.0 Å². The van der Waals surface area contributed by atoms with Gasteiger partial charge in [0.05, 0.1) is 29.3 Å². The van der Waals surface area contributed by atoms with Crippen LogP contribution in [-0.4, -0.2) is 11.6 Å². The van der Waals surface area contributed by atoms with Gasteiger partial charge in [-0.1, -0.05) is 30.3 Å². The lowest BCUT2D eigenvalue weighted by atomic mass is 9.75. The lowest BCUT2D eigenvalue weighted by Gasteiger charge is -2.24. The summed E-state index contributed by atoms with van der Waals surface area (Å²) in [6.45, 7) is 1.61. The van der Waals surface area contributed by atoms with Gasteiger partial charge in [-0.05, 0) is 36.8 Å². The van der Waals surface area contributed by atoms with Crippen molar-refractivity contribution in [2.24, 2.45) is 16.9 Å². The highest BCUT2D eigenvalue weighted by atomic mass is 19.4. The van der Waals surface area contributed by atoms with E-state index in [1.165, 1.54) is 17.1 Å². The number of hydrogen-bond donors (Lipinski definition) is 0. The number of halogens is 3. The molecule has 0 N–H and O–H groups in total. The molecule has 3 rings (SSSR count). The zero-order valence-corrected chi connectivity index (χ0v) is 15.3. The third-order valence-corrected chi connectivity index (χ3v) is 4.80. The molecule has 0 radical (unpaired) electrons. The molecule has 0 spiro atoms. The Hall–Kier alpha value is -3.65. The molecule has 1 aliphatic heterocycles. The highest BCUT2D eigenvalue weighted by molar-refractivity contribution is 6.15. The molecule has 0 aliphatic carbocycles. The van der Waals surface area contributed by atoms with Gasteiger partial charge in [0.15, 0.2) is 0 Å². The number of anilines is 1. The van der Waals surface area contributed by atoms with Crippen molar-refractivity contribution < 1.29 is 18.0 Å². The highest BCUT2D eigenvalue weighted by Gasteiger charge is 2.44. The third kappa shape index (κ3) is 3.83. The predicted octanol–water partition coefficient (Wildman–Crippen LogP) is 4.49. The summed E-state index contributed by atoms with van der Waals surface area (Å²) in [7, 11) is 0.